The minimum atomic E-state index is -4.74. The standard InChI is InChI=1S/C9H5F3N2O2S/c10-9(11,12)5-4-6(15)14(8(16)13-5)7-2-1-3-17-7/h1-4H,(H,13,16). The average molecular weight is 262 g/mol. The van der Waals surface area contributed by atoms with E-state index in [1.807, 2.05) is 0 Å². The highest BCUT2D eigenvalue weighted by atomic mass is 32.1. The van der Waals surface area contributed by atoms with Crippen molar-refractivity contribution >= 4 is 11.3 Å². The number of aromatic amines is 1. The van der Waals surface area contributed by atoms with Crippen LogP contribution in [0.4, 0.5) is 13.2 Å². The van der Waals surface area contributed by atoms with Gasteiger partial charge in [0.2, 0.25) is 0 Å². The first-order valence-corrected chi connectivity index (χ1v) is 5.25. The molecule has 2 heterocycles. The first kappa shape index (κ1) is 11.6. The zero-order chi connectivity index (χ0) is 12.6. The molecule has 90 valence electrons. The van der Waals surface area contributed by atoms with Crippen LogP contribution >= 0.6 is 11.3 Å². The summed E-state index contributed by atoms with van der Waals surface area (Å²) in [6.45, 7) is 0. The van der Waals surface area contributed by atoms with Crippen LogP contribution in [0.3, 0.4) is 0 Å². The van der Waals surface area contributed by atoms with Crippen LogP contribution in [0.5, 0.6) is 0 Å². The molecule has 17 heavy (non-hydrogen) atoms. The molecule has 0 amide bonds. The summed E-state index contributed by atoms with van der Waals surface area (Å²) in [5.41, 5.74) is -3.46. The summed E-state index contributed by atoms with van der Waals surface area (Å²) in [4.78, 5) is 24.5. The van der Waals surface area contributed by atoms with Gasteiger partial charge in [-0.2, -0.15) is 13.2 Å². The van der Waals surface area contributed by atoms with Gasteiger partial charge in [0.25, 0.3) is 5.56 Å². The molecule has 4 nitrogen and oxygen atoms in total. The fourth-order valence-corrected chi connectivity index (χ4v) is 1.99. The normalized spacial score (nSPS) is 11.7. The maximum absolute atomic E-state index is 12.3. The van der Waals surface area contributed by atoms with Gasteiger partial charge < -0.3 is 4.98 Å². The van der Waals surface area contributed by atoms with Crippen LogP contribution in [0, 0.1) is 0 Å². The predicted octanol–water partition coefficient (Wildman–Crippen LogP) is 1.61. The number of H-pyrrole nitrogens is 1. The Labute approximate surface area is 96.0 Å². The Hall–Kier alpha value is -1.83. The molecule has 0 fully saturated rings. The van der Waals surface area contributed by atoms with Gasteiger partial charge in [-0.3, -0.25) is 4.79 Å². The minimum absolute atomic E-state index is 0.268. The Balaban J connectivity index is 2.68. The van der Waals surface area contributed by atoms with Crippen molar-refractivity contribution in [2.24, 2.45) is 0 Å². The number of rotatable bonds is 1. The molecular formula is C9H5F3N2O2S. The van der Waals surface area contributed by atoms with Crippen LogP contribution in [0.15, 0.2) is 33.2 Å². The van der Waals surface area contributed by atoms with E-state index < -0.39 is 23.1 Å². The van der Waals surface area contributed by atoms with Crippen molar-refractivity contribution in [2.45, 2.75) is 6.18 Å². The van der Waals surface area contributed by atoms with Crippen molar-refractivity contribution in [1.29, 1.82) is 0 Å². The van der Waals surface area contributed by atoms with Gasteiger partial charge in [-0.15, -0.1) is 11.3 Å². The zero-order valence-corrected chi connectivity index (χ0v) is 8.93. The van der Waals surface area contributed by atoms with E-state index in [1.165, 1.54) is 6.07 Å². The second-order valence-corrected chi connectivity index (χ2v) is 4.04. The Morgan fingerprint density at radius 3 is 2.47 bits per heavy atom. The molecule has 2 rings (SSSR count). The van der Waals surface area contributed by atoms with Crippen molar-refractivity contribution < 1.29 is 13.2 Å². The number of aromatic nitrogens is 2. The molecule has 0 aromatic carbocycles. The van der Waals surface area contributed by atoms with Gasteiger partial charge in [-0.1, -0.05) is 0 Å². The van der Waals surface area contributed by atoms with Crippen molar-refractivity contribution in [3.8, 4) is 5.00 Å². The van der Waals surface area contributed by atoms with Crippen molar-refractivity contribution in [2.75, 3.05) is 0 Å². The lowest BCUT2D eigenvalue weighted by Gasteiger charge is -2.07. The fourth-order valence-electron chi connectivity index (χ4n) is 1.25. The van der Waals surface area contributed by atoms with Crippen LogP contribution in [-0.4, -0.2) is 9.55 Å². The van der Waals surface area contributed by atoms with Gasteiger partial charge >= 0.3 is 11.9 Å². The van der Waals surface area contributed by atoms with Gasteiger partial charge in [0, 0.05) is 6.07 Å². The molecule has 1 N–H and O–H groups in total. The molecule has 0 saturated carbocycles. The van der Waals surface area contributed by atoms with E-state index >= 15 is 0 Å². The number of nitrogens with zero attached hydrogens (tertiary/aromatic N) is 1. The maximum atomic E-state index is 12.3. The monoisotopic (exact) mass is 262 g/mol. The molecule has 0 aliphatic carbocycles. The predicted molar refractivity (Wildman–Crippen MR) is 55.5 cm³/mol. The summed E-state index contributed by atoms with van der Waals surface area (Å²) in [6.07, 6.45) is -4.74. The van der Waals surface area contributed by atoms with Gasteiger partial charge in [-0.25, -0.2) is 9.36 Å². The third-order valence-corrected chi connectivity index (χ3v) is 2.82. The Morgan fingerprint density at radius 2 is 2.00 bits per heavy atom. The third kappa shape index (κ3) is 2.16. The van der Waals surface area contributed by atoms with Crippen molar-refractivity contribution in [1.82, 2.24) is 9.55 Å². The van der Waals surface area contributed by atoms with E-state index in [2.05, 4.69) is 0 Å². The summed E-state index contributed by atoms with van der Waals surface area (Å²) >= 11 is 1.08. The van der Waals surface area contributed by atoms with Crippen LogP contribution in [-0.2, 0) is 6.18 Å². The fraction of sp³-hybridized carbons (Fsp3) is 0.111. The molecule has 0 bridgehead atoms. The third-order valence-electron chi connectivity index (χ3n) is 1.96. The number of nitrogens with one attached hydrogen (secondary N) is 1. The van der Waals surface area contributed by atoms with Crippen LogP contribution in [0.25, 0.3) is 5.00 Å². The smallest absolute Gasteiger partial charge is 0.303 e. The van der Waals surface area contributed by atoms with Gasteiger partial charge in [0.15, 0.2) is 0 Å². The largest absolute Gasteiger partial charge is 0.431 e. The summed E-state index contributed by atoms with van der Waals surface area (Å²) in [5.74, 6) is 0. The van der Waals surface area contributed by atoms with Crippen LogP contribution in [0.1, 0.15) is 5.69 Å². The number of halogens is 3. The van der Waals surface area contributed by atoms with Crippen molar-refractivity contribution in [3.05, 3.63) is 50.1 Å². The Morgan fingerprint density at radius 1 is 1.29 bits per heavy atom. The molecule has 0 saturated heterocycles. The number of hydrogen-bond donors (Lipinski definition) is 1. The average Bonchev–Trinajstić information content (AvgIpc) is 2.68. The highest BCUT2D eigenvalue weighted by Gasteiger charge is 2.33. The summed E-state index contributed by atoms with van der Waals surface area (Å²) in [6, 6.07) is 3.42. The molecule has 0 aliphatic rings. The molecule has 0 radical (unpaired) electrons. The number of thiophene rings is 1. The SMILES string of the molecule is O=c1cc(C(F)(F)F)[nH]c(=O)n1-c1cccs1. The Kier molecular flexibility index (Phi) is 2.66. The summed E-state index contributed by atoms with van der Waals surface area (Å²) < 4.78 is 37.6. The van der Waals surface area contributed by atoms with Gasteiger partial charge in [-0.05, 0) is 17.5 Å². The van der Waals surface area contributed by atoms with E-state index in [-0.39, 0.29) is 5.00 Å². The van der Waals surface area contributed by atoms with Crippen molar-refractivity contribution in [3.63, 3.8) is 0 Å². The van der Waals surface area contributed by atoms with E-state index in [9.17, 15) is 22.8 Å². The minimum Gasteiger partial charge on any atom is -0.303 e. The second kappa shape index (κ2) is 3.88. The first-order valence-electron chi connectivity index (χ1n) is 4.37. The highest BCUT2D eigenvalue weighted by Crippen LogP contribution is 2.25. The topological polar surface area (TPSA) is 54.9 Å². The second-order valence-electron chi connectivity index (χ2n) is 3.11. The quantitative estimate of drug-likeness (QED) is 0.848. The van der Waals surface area contributed by atoms with E-state index in [0.29, 0.717) is 10.6 Å². The molecule has 0 atom stereocenters. The molecule has 2 aromatic rings. The maximum Gasteiger partial charge on any atom is 0.431 e. The lowest BCUT2D eigenvalue weighted by atomic mass is 10.4. The van der Waals surface area contributed by atoms with Crippen LogP contribution < -0.4 is 11.2 Å². The molecule has 2 aromatic heterocycles. The molecular weight excluding hydrogens is 257 g/mol. The Bertz CT molecular complexity index is 608. The van der Waals surface area contributed by atoms with Crippen LogP contribution in [0.2, 0.25) is 0 Å². The van der Waals surface area contributed by atoms with Gasteiger partial charge in [0.1, 0.15) is 10.7 Å². The molecule has 0 unspecified atom stereocenters. The van der Waals surface area contributed by atoms with E-state index in [1.54, 1.807) is 16.4 Å². The number of alkyl halides is 3. The van der Waals surface area contributed by atoms with Gasteiger partial charge in [0.05, 0.1) is 0 Å². The lowest BCUT2D eigenvalue weighted by Crippen LogP contribution is -2.35. The van der Waals surface area contributed by atoms with E-state index in [0.717, 1.165) is 11.3 Å². The highest BCUT2D eigenvalue weighted by molar-refractivity contribution is 7.12. The number of hydrogen-bond acceptors (Lipinski definition) is 3. The molecule has 8 heteroatoms. The summed E-state index contributed by atoms with van der Waals surface area (Å²) in [7, 11) is 0. The molecule has 0 aliphatic heterocycles. The van der Waals surface area contributed by atoms with E-state index in [4.69, 9.17) is 0 Å². The first-order chi connectivity index (χ1) is 7.89. The zero-order valence-electron chi connectivity index (χ0n) is 8.12. The summed E-state index contributed by atoms with van der Waals surface area (Å²) in [5, 5.41) is 1.88. The lowest BCUT2D eigenvalue weighted by molar-refractivity contribution is -0.141. The molecule has 0 spiro atoms.